The molecule has 1 aromatic heterocycles. The summed E-state index contributed by atoms with van der Waals surface area (Å²) in [5.74, 6) is -3.44. The van der Waals surface area contributed by atoms with Crippen LogP contribution in [0.4, 0.5) is 0 Å². The number of amides is 3. The Morgan fingerprint density at radius 3 is 2.17 bits per heavy atom. The number of imidazole rings is 1. The average molecular weight is 429 g/mol. The summed E-state index contributed by atoms with van der Waals surface area (Å²) in [7, 11) is 0. The molecule has 0 aliphatic heterocycles. The van der Waals surface area contributed by atoms with Crippen molar-refractivity contribution in [3.63, 3.8) is 0 Å². The van der Waals surface area contributed by atoms with Crippen molar-refractivity contribution in [1.29, 1.82) is 0 Å². The number of hydrogen-bond acceptors (Lipinski definition) is 7. The highest BCUT2D eigenvalue weighted by molar-refractivity contribution is 7.80. The van der Waals surface area contributed by atoms with Gasteiger partial charge in [-0.15, -0.1) is 0 Å². The van der Waals surface area contributed by atoms with E-state index in [9.17, 15) is 19.2 Å². The molecule has 0 aliphatic carbocycles. The fraction of sp³-hybridized carbons (Fsp3) is 0.588. The van der Waals surface area contributed by atoms with Crippen molar-refractivity contribution >= 4 is 36.3 Å². The summed E-state index contributed by atoms with van der Waals surface area (Å²) in [4.78, 5) is 55.2. The van der Waals surface area contributed by atoms with Gasteiger partial charge in [-0.2, -0.15) is 12.6 Å². The van der Waals surface area contributed by atoms with Gasteiger partial charge in [-0.1, -0.05) is 13.8 Å². The van der Waals surface area contributed by atoms with Crippen LogP contribution in [0.5, 0.6) is 0 Å². The minimum Gasteiger partial charge on any atom is -0.480 e. The second kappa shape index (κ2) is 11.4. The number of aromatic amines is 1. The van der Waals surface area contributed by atoms with Crippen LogP contribution in [0, 0.1) is 5.92 Å². The minimum atomic E-state index is -1.25. The summed E-state index contributed by atoms with van der Waals surface area (Å²) in [6.07, 6.45) is 2.94. The topological polar surface area (TPSA) is 179 Å². The third kappa shape index (κ3) is 7.74. The molecule has 0 spiro atoms. The van der Waals surface area contributed by atoms with Gasteiger partial charge in [0.15, 0.2) is 0 Å². The lowest BCUT2D eigenvalue weighted by atomic mass is 10.0. The lowest BCUT2D eigenvalue weighted by Gasteiger charge is -2.26. The number of H-pyrrole nitrogens is 1. The fourth-order valence-electron chi connectivity index (χ4n) is 2.36. The Morgan fingerprint density at radius 1 is 1.10 bits per heavy atom. The van der Waals surface area contributed by atoms with Gasteiger partial charge in [-0.25, -0.2) is 9.78 Å². The SMILES string of the molecule is CC(N)C(=O)NC(C(=O)NC(Cc1cnc[nH]1)C(=O)NC(CS)C(=O)O)C(C)C. The van der Waals surface area contributed by atoms with E-state index in [4.69, 9.17) is 10.8 Å². The molecule has 0 saturated carbocycles. The number of aromatic nitrogens is 2. The number of rotatable bonds is 11. The summed E-state index contributed by atoms with van der Waals surface area (Å²) < 4.78 is 0. The van der Waals surface area contributed by atoms with Crippen molar-refractivity contribution in [2.75, 3.05) is 5.75 Å². The van der Waals surface area contributed by atoms with E-state index in [0.29, 0.717) is 5.69 Å². The van der Waals surface area contributed by atoms with E-state index in [1.54, 1.807) is 13.8 Å². The Morgan fingerprint density at radius 2 is 1.72 bits per heavy atom. The van der Waals surface area contributed by atoms with Crippen LogP contribution in [0.3, 0.4) is 0 Å². The van der Waals surface area contributed by atoms with Crippen molar-refractivity contribution in [2.45, 2.75) is 51.4 Å². The molecule has 0 aromatic carbocycles. The summed E-state index contributed by atoms with van der Waals surface area (Å²) in [5, 5.41) is 16.6. The van der Waals surface area contributed by atoms with E-state index >= 15 is 0 Å². The zero-order valence-electron chi connectivity index (χ0n) is 16.5. The van der Waals surface area contributed by atoms with E-state index in [1.165, 1.54) is 19.4 Å². The predicted molar refractivity (Wildman–Crippen MR) is 108 cm³/mol. The normalized spacial score (nSPS) is 15.1. The second-order valence-electron chi connectivity index (χ2n) is 6.94. The number of aliphatic carboxylic acids is 1. The Balaban J connectivity index is 2.99. The number of carbonyl (C=O) groups is 4. The highest BCUT2D eigenvalue weighted by Crippen LogP contribution is 2.06. The molecular weight excluding hydrogens is 400 g/mol. The standard InChI is InChI=1S/C17H28N6O5S/c1-8(2)13(23-14(24)9(3)18)16(26)21-11(4-10-5-19-7-20-10)15(25)22-12(6-29)17(27)28/h5,7-9,11-13,29H,4,6,18H2,1-3H3,(H,19,20)(H,21,26)(H,22,25)(H,23,24)(H,27,28). The van der Waals surface area contributed by atoms with Crippen LogP contribution >= 0.6 is 12.6 Å². The van der Waals surface area contributed by atoms with Crippen LogP contribution in [0.15, 0.2) is 12.5 Å². The molecule has 3 amide bonds. The number of carboxylic acids is 1. The molecule has 4 atom stereocenters. The number of carboxylic acid groups (broad SMARTS) is 1. The minimum absolute atomic E-state index is 0.0442. The number of nitrogens with one attached hydrogen (secondary N) is 4. The van der Waals surface area contributed by atoms with Crippen molar-refractivity contribution < 1.29 is 24.3 Å². The van der Waals surface area contributed by atoms with Gasteiger partial charge in [-0.05, 0) is 12.8 Å². The Kier molecular flexibility index (Phi) is 9.62. The monoisotopic (exact) mass is 428 g/mol. The molecule has 1 rings (SSSR count). The van der Waals surface area contributed by atoms with E-state index in [0.717, 1.165) is 0 Å². The highest BCUT2D eigenvalue weighted by atomic mass is 32.1. The van der Waals surface area contributed by atoms with Gasteiger partial charge in [0.25, 0.3) is 0 Å². The molecule has 11 nitrogen and oxygen atoms in total. The summed E-state index contributed by atoms with van der Waals surface area (Å²) >= 11 is 3.91. The van der Waals surface area contributed by atoms with Crippen LogP contribution in [0.25, 0.3) is 0 Å². The highest BCUT2D eigenvalue weighted by Gasteiger charge is 2.31. The molecule has 7 N–H and O–H groups in total. The van der Waals surface area contributed by atoms with Gasteiger partial charge >= 0.3 is 5.97 Å². The van der Waals surface area contributed by atoms with Crippen molar-refractivity contribution in [3.05, 3.63) is 18.2 Å². The number of hydrogen-bond donors (Lipinski definition) is 7. The summed E-state index contributed by atoms with van der Waals surface area (Å²) in [6.45, 7) is 4.96. The predicted octanol–water partition coefficient (Wildman–Crippen LogP) is -1.58. The molecule has 0 radical (unpaired) electrons. The number of carbonyl (C=O) groups excluding carboxylic acids is 3. The molecule has 1 aromatic rings. The Labute approximate surface area is 174 Å². The quantitative estimate of drug-likeness (QED) is 0.208. The van der Waals surface area contributed by atoms with E-state index in [-0.39, 0.29) is 18.1 Å². The maximum atomic E-state index is 12.8. The van der Waals surface area contributed by atoms with Crippen LogP contribution in [-0.4, -0.2) is 68.7 Å². The Bertz CT molecular complexity index is 709. The van der Waals surface area contributed by atoms with Gasteiger partial charge in [-0.3, -0.25) is 14.4 Å². The van der Waals surface area contributed by atoms with Crippen LogP contribution in [0.2, 0.25) is 0 Å². The average Bonchev–Trinajstić information content (AvgIpc) is 3.15. The smallest absolute Gasteiger partial charge is 0.327 e. The molecule has 4 unspecified atom stereocenters. The number of thiol groups is 1. The van der Waals surface area contributed by atoms with Gasteiger partial charge in [0.2, 0.25) is 17.7 Å². The Hall–Kier alpha value is -2.60. The van der Waals surface area contributed by atoms with Gasteiger partial charge in [0.05, 0.1) is 12.4 Å². The maximum Gasteiger partial charge on any atom is 0.327 e. The first-order chi connectivity index (χ1) is 13.6. The molecule has 29 heavy (non-hydrogen) atoms. The van der Waals surface area contributed by atoms with Gasteiger partial charge < -0.3 is 31.8 Å². The molecule has 0 aliphatic rings. The molecular formula is C17H28N6O5S. The molecule has 0 bridgehead atoms. The molecule has 1 heterocycles. The first-order valence-electron chi connectivity index (χ1n) is 9.04. The zero-order chi connectivity index (χ0) is 22.1. The molecule has 0 fully saturated rings. The molecule has 0 saturated heterocycles. The van der Waals surface area contributed by atoms with Crippen molar-refractivity contribution in [3.8, 4) is 0 Å². The van der Waals surface area contributed by atoms with Gasteiger partial charge in [0.1, 0.15) is 18.1 Å². The zero-order valence-corrected chi connectivity index (χ0v) is 17.4. The second-order valence-corrected chi connectivity index (χ2v) is 7.31. The van der Waals surface area contributed by atoms with Crippen LogP contribution in [-0.2, 0) is 25.6 Å². The van der Waals surface area contributed by atoms with Crippen LogP contribution in [0.1, 0.15) is 26.5 Å². The largest absolute Gasteiger partial charge is 0.480 e. The number of nitrogens with zero attached hydrogens (tertiary/aromatic N) is 1. The lowest BCUT2D eigenvalue weighted by molar-refractivity contribution is -0.141. The van der Waals surface area contributed by atoms with E-state index in [2.05, 4.69) is 38.5 Å². The molecule has 12 heteroatoms. The first-order valence-corrected chi connectivity index (χ1v) is 9.67. The maximum absolute atomic E-state index is 12.8. The number of nitrogens with two attached hydrogens (primary N) is 1. The van der Waals surface area contributed by atoms with Crippen molar-refractivity contribution in [1.82, 2.24) is 25.9 Å². The third-order valence-electron chi connectivity index (χ3n) is 4.07. The first kappa shape index (κ1) is 24.4. The van der Waals surface area contributed by atoms with E-state index < -0.39 is 47.9 Å². The summed E-state index contributed by atoms with van der Waals surface area (Å²) in [6, 6.07) is -4.05. The van der Waals surface area contributed by atoms with E-state index in [1.807, 2.05) is 0 Å². The fourth-order valence-corrected chi connectivity index (χ4v) is 2.61. The summed E-state index contributed by atoms with van der Waals surface area (Å²) in [5.41, 5.74) is 6.10. The lowest BCUT2D eigenvalue weighted by Crippen LogP contribution is -2.58. The third-order valence-corrected chi connectivity index (χ3v) is 4.43. The van der Waals surface area contributed by atoms with Crippen molar-refractivity contribution in [2.24, 2.45) is 11.7 Å². The molecule has 162 valence electrons. The van der Waals surface area contributed by atoms with Gasteiger partial charge in [0, 0.05) is 24.1 Å². The van der Waals surface area contributed by atoms with Crippen LogP contribution < -0.4 is 21.7 Å².